The molecule has 146 valence electrons. The second-order valence-electron chi connectivity index (χ2n) is 6.90. The molecule has 1 heterocycles. The normalized spacial score (nSPS) is 13.0. The van der Waals surface area contributed by atoms with Gasteiger partial charge in [0.1, 0.15) is 5.75 Å². The number of nitrogens with one attached hydrogen (secondary N) is 1. The predicted molar refractivity (Wildman–Crippen MR) is 105 cm³/mol. The Balaban J connectivity index is 1.57. The van der Waals surface area contributed by atoms with Gasteiger partial charge in [0.15, 0.2) is 0 Å². The summed E-state index contributed by atoms with van der Waals surface area (Å²) in [5, 5.41) is 12.1. The van der Waals surface area contributed by atoms with Crippen molar-refractivity contribution in [3.63, 3.8) is 0 Å². The summed E-state index contributed by atoms with van der Waals surface area (Å²) in [6, 6.07) is 11.6. The second kappa shape index (κ2) is 8.69. The third kappa shape index (κ3) is 4.22. The maximum atomic E-state index is 12.5. The first kappa shape index (κ1) is 19.6. The van der Waals surface area contributed by atoms with Crippen LogP contribution in [0.2, 0.25) is 0 Å². The van der Waals surface area contributed by atoms with E-state index in [0.29, 0.717) is 29.8 Å². The van der Waals surface area contributed by atoms with Crippen molar-refractivity contribution >= 4 is 17.7 Å². The Hall–Kier alpha value is -3.15. The highest BCUT2D eigenvalue weighted by atomic mass is 16.3. The third-order valence-electron chi connectivity index (χ3n) is 4.83. The number of fused-ring (bicyclic) bond motifs is 1. The second-order valence-corrected chi connectivity index (χ2v) is 6.90. The molecule has 0 unspecified atom stereocenters. The summed E-state index contributed by atoms with van der Waals surface area (Å²) in [5.41, 5.74) is 2.13. The molecule has 6 nitrogen and oxygen atoms in total. The fourth-order valence-corrected chi connectivity index (χ4v) is 3.21. The van der Waals surface area contributed by atoms with E-state index < -0.39 is 0 Å². The first-order valence-corrected chi connectivity index (χ1v) is 9.57. The van der Waals surface area contributed by atoms with E-state index in [0.717, 1.165) is 31.2 Å². The standard InChI is InChI=1S/C22H24N2O4/c1-2-3-13-24-21(27)18-11-8-16(14-19(18)22(24)28)20(26)23-12-4-5-15-6-9-17(25)10-7-15/h6-11,14,25H,2-5,12-13H2,1H3,(H,23,26). The molecule has 3 rings (SSSR count). The van der Waals surface area contributed by atoms with Gasteiger partial charge in [0, 0.05) is 18.7 Å². The summed E-state index contributed by atoms with van der Waals surface area (Å²) in [6.07, 6.45) is 3.19. The summed E-state index contributed by atoms with van der Waals surface area (Å²) in [6.45, 7) is 2.90. The van der Waals surface area contributed by atoms with Gasteiger partial charge in [-0.2, -0.15) is 0 Å². The van der Waals surface area contributed by atoms with Gasteiger partial charge in [0.2, 0.25) is 0 Å². The van der Waals surface area contributed by atoms with Crippen LogP contribution in [-0.4, -0.2) is 40.8 Å². The topological polar surface area (TPSA) is 86.7 Å². The molecule has 28 heavy (non-hydrogen) atoms. The van der Waals surface area contributed by atoms with E-state index in [9.17, 15) is 19.5 Å². The SMILES string of the molecule is CCCCN1C(=O)c2ccc(C(=O)NCCCc3ccc(O)cc3)cc2C1=O. The van der Waals surface area contributed by atoms with Gasteiger partial charge in [0.05, 0.1) is 11.1 Å². The monoisotopic (exact) mass is 380 g/mol. The van der Waals surface area contributed by atoms with Crippen LogP contribution in [0, 0.1) is 0 Å². The first-order valence-electron chi connectivity index (χ1n) is 9.57. The number of carbonyl (C=O) groups is 3. The fourth-order valence-electron chi connectivity index (χ4n) is 3.21. The number of phenolic OH excluding ortho intramolecular Hbond substituents is 1. The summed E-state index contributed by atoms with van der Waals surface area (Å²) in [5.74, 6) is -0.638. The Kier molecular flexibility index (Phi) is 6.09. The van der Waals surface area contributed by atoms with Crippen LogP contribution >= 0.6 is 0 Å². The van der Waals surface area contributed by atoms with Gasteiger partial charge in [-0.05, 0) is 55.2 Å². The summed E-state index contributed by atoms with van der Waals surface area (Å²) < 4.78 is 0. The number of rotatable bonds is 8. The maximum Gasteiger partial charge on any atom is 0.261 e. The zero-order valence-electron chi connectivity index (χ0n) is 15.9. The smallest absolute Gasteiger partial charge is 0.261 e. The molecule has 0 saturated carbocycles. The van der Waals surface area contributed by atoms with Crippen LogP contribution < -0.4 is 5.32 Å². The lowest BCUT2D eigenvalue weighted by molar-refractivity contribution is 0.0652. The molecule has 2 aromatic rings. The highest BCUT2D eigenvalue weighted by molar-refractivity contribution is 6.22. The lowest BCUT2D eigenvalue weighted by Crippen LogP contribution is -2.30. The van der Waals surface area contributed by atoms with Crippen molar-refractivity contribution in [2.45, 2.75) is 32.6 Å². The zero-order valence-corrected chi connectivity index (χ0v) is 15.9. The van der Waals surface area contributed by atoms with Gasteiger partial charge < -0.3 is 10.4 Å². The minimum absolute atomic E-state index is 0.231. The molecule has 1 aliphatic heterocycles. The maximum absolute atomic E-state index is 12.5. The minimum atomic E-state index is -0.324. The van der Waals surface area contributed by atoms with Gasteiger partial charge in [-0.1, -0.05) is 25.5 Å². The molecule has 0 radical (unpaired) electrons. The highest BCUT2D eigenvalue weighted by Gasteiger charge is 2.35. The molecule has 0 saturated heterocycles. The fraction of sp³-hybridized carbons (Fsp3) is 0.318. The number of phenols is 1. The van der Waals surface area contributed by atoms with Crippen molar-refractivity contribution in [3.8, 4) is 5.75 Å². The molecule has 2 aromatic carbocycles. The molecular weight excluding hydrogens is 356 g/mol. The average molecular weight is 380 g/mol. The Morgan fingerprint density at radius 3 is 2.43 bits per heavy atom. The van der Waals surface area contributed by atoms with Crippen molar-refractivity contribution in [2.24, 2.45) is 0 Å². The number of benzene rings is 2. The van der Waals surface area contributed by atoms with Crippen molar-refractivity contribution in [3.05, 3.63) is 64.7 Å². The number of nitrogens with zero attached hydrogens (tertiary/aromatic N) is 1. The molecule has 0 fully saturated rings. The molecule has 2 N–H and O–H groups in total. The largest absolute Gasteiger partial charge is 0.508 e. The Bertz CT molecular complexity index is 890. The van der Waals surface area contributed by atoms with Gasteiger partial charge in [-0.3, -0.25) is 19.3 Å². The van der Waals surface area contributed by atoms with Crippen LogP contribution in [0.4, 0.5) is 0 Å². The van der Waals surface area contributed by atoms with Crippen LogP contribution in [0.25, 0.3) is 0 Å². The number of unbranched alkanes of at least 4 members (excludes halogenated alkanes) is 1. The molecule has 1 aliphatic rings. The summed E-state index contributed by atoms with van der Waals surface area (Å²) in [7, 11) is 0. The van der Waals surface area contributed by atoms with E-state index in [-0.39, 0.29) is 23.5 Å². The number of amides is 3. The first-order chi connectivity index (χ1) is 13.5. The van der Waals surface area contributed by atoms with E-state index >= 15 is 0 Å². The molecular formula is C22H24N2O4. The molecule has 6 heteroatoms. The molecule has 0 aromatic heterocycles. The van der Waals surface area contributed by atoms with Gasteiger partial charge >= 0.3 is 0 Å². The van der Waals surface area contributed by atoms with Gasteiger partial charge in [-0.15, -0.1) is 0 Å². The summed E-state index contributed by atoms with van der Waals surface area (Å²) >= 11 is 0. The lowest BCUT2D eigenvalue weighted by Gasteiger charge is -2.12. The number of carbonyl (C=O) groups excluding carboxylic acids is 3. The molecule has 0 spiro atoms. The van der Waals surface area contributed by atoms with Crippen LogP contribution in [0.3, 0.4) is 0 Å². The van der Waals surface area contributed by atoms with E-state index in [4.69, 9.17) is 0 Å². The van der Waals surface area contributed by atoms with Crippen molar-refractivity contribution in [1.82, 2.24) is 10.2 Å². The van der Waals surface area contributed by atoms with Crippen molar-refractivity contribution < 1.29 is 19.5 Å². The molecule has 0 bridgehead atoms. The van der Waals surface area contributed by atoms with Crippen molar-refractivity contribution in [1.29, 1.82) is 0 Å². The van der Waals surface area contributed by atoms with E-state index in [2.05, 4.69) is 5.32 Å². The van der Waals surface area contributed by atoms with Crippen LogP contribution in [-0.2, 0) is 6.42 Å². The Labute approximate surface area is 164 Å². The molecule has 0 atom stereocenters. The van der Waals surface area contributed by atoms with E-state index in [1.807, 2.05) is 19.1 Å². The lowest BCUT2D eigenvalue weighted by atomic mass is 10.1. The van der Waals surface area contributed by atoms with Crippen LogP contribution in [0.15, 0.2) is 42.5 Å². The van der Waals surface area contributed by atoms with Gasteiger partial charge in [-0.25, -0.2) is 0 Å². The number of hydrogen-bond acceptors (Lipinski definition) is 4. The van der Waals surface area contributed by atoms with Crippen molar-refractivity contribution in [2.75, 3.05) is 13.1 Å². The number of imide groups is 1. The predicted octanol–water partition coefficient (Wildman–Crippen LogP) is 3.15. The van der Waals surface area contributed by atoms with E-state index in [1.54, 1.807) is 24.3 Å². The quantitative estimate of drug-likeness (QED) is 0.544. The Morgan fingerprint density at radius 1 is 1.00 bits per heavy atom. The average Bonchev–Trinajstić information content (AvgIpc) is 2.94. The third-order valence-corrected chi connectivity index (χ3v) is 4.83. The highest BCUT2D eigenvalue weighted by Crippen LogP contribution is 2.24. The zero-order chi connectivity index (χ0) is 20.1. The number of aromatic hydroxyl groups is 1. The molecule has 0 aliphatic carbocycles. The summed E-state index contributed by atoms with van der Waals surface area (Å²) in [4.78, 5) is 38.5. The molecule has 3 amide bonds. The number of aryl methyl sites for hydroxylation is 1. The van der Waals surface area contributed by atoms with E-state index in [1.165, 1.54) is 11.0 Å². The number of hydrogen-bond donors (Lipinski definition) is 2. The van der Waals surface area contributed by atoms with Crippen LogP contribution in [0.5, 0.6) is 5.75 Å². The van der Waals surface area contributed by atoms with Crippen LogP contribution in [0.1, 0.15) is 62.8 Å². The minimum Gasteiger partial charge on any atom is -0.508 e. The Morgan fingerprint density at radius 2 is 1.71 bits per heavy atom. The van der Waals surface area contributed by atoms with Gasteiger partial charge in [0.25, 0.3) is 17.7 Å².